The minimum absolute atomic E-state index is 0.0221. The fourth-order valence-electron chi connectivity index (χ4n) is 2.64. The summed E-state index contributed by atoms with van der Waals surface area (Å²) in [6.07, 6.45) is 2.72. The Bertz CT molecular complexity index is 1090. The predicted octanol–water partition coefficient (Wildman–Crippen LogP) is 2.56. The molecule has 1 heterocycles. The Morgan fingerprint density at radius 3 is 2.52 bits per heavy atom. The molecule has 1 aliphatic heterocycles. The second-order valence-electron chi connectivity index (χ2n) is 6.30. The first-order valence-corrected chi connectivity index (χ1v) is 11.4. The normalized spacial score (nSPS) is 15.8. The molecule has 29 heavy (non-hydrogen) atoms. The Hall–Kier alpha value is -2.91. The van der Waals surface area contributed by atoms with Crippen molar-refractivity contribution in [1.82, 2.24) is 10.2 Å². The van der Waals surface area contributed by atoms with Crippen molar-refractivity contribution in [2.75, 3.05) is 19.3 Å². The van der Waals surface area contributed by atoms with Crippen LogP contribution in [0, 0.1) is 0 Å². The van der Waals surface area contributed by atoms with Gasteiger partial charge in [0.25, 0.3) is 17.1 Å². The van der Waals surface area contributed by atoms with E-state index >= 15 is 0 Å². The van der Waals surface area contributed by atoms with Crippen LogP contribution in [0.5, 0.6) is 0 Å². The van der Waals surface area contributed by atoms with E-state index < -0.39 is 26.9 Å². The predicted molar refractivity (Wildman–Crippen MR) is 111 cm³/mol. The first-order chi connectivity index (χ1) is 13.8. The summed E-state index contributed by atoms with van der Waals surface area (Å²) in [5.41, 5.74) is 1.00. The van der Waals surface area contributed by atoms with Gasteiger partial charge in [-0.1, -0.05) is 36.4 Å². The van der Waals surface area contributed by atoms with E-state index in [1.54, 1.807) is 6.08 Å². The molecule has 0 atom stereocenters. The van der Waals surface area contributed by atoms with E-state index in [-0.39, 0.29) is 23.5 Å². The second-order valence-corrected chi connectivity index (χ2v) is 9.31. The third kappa shape index (κ3) is 5.12. The SMILES string of the molecule is CS(=O)(=O)c1cccc(C(=O)NCCN2C(=O)S/C(=C\c3ccccc3)C2=O)c1. The smallest absolute Gasteiger partial charge is 0.293 e. The molecule has 7 nitrogen and oxygen atoms in total. The molecule has 0 unspecified atom stereocenters. The number of nitrogens with zero attached hydrogens (tertiary/aromatic N) is 1. The van der Waals surface area contributed by atoms with Crippen LogP contribution in [0.1, 0.15) is 15.9 Å². The Morgan fingerprint density at radius 1 is 1.10 bits per heavy atom. The molecule has 3 amide bonds. The molecule has 1 fully saturated rings. The maximum Gasteiger partial charge on any atom is 0.293 e. The fourth-order valence-corrected chi connectivity index (χ4v) is 4.18. The highest BCUT2D eigenvalue weighted by Gasteiger charge is 2.34. The van der Waals surface area contributed by atoms with Crippen LogP contribution < -0.4 is 5.32 Å². The van der Waals surface area contributed by atoms with Gasteiger partial charge in [-0.25, -0.2) is 8.42 Å². The number of carbonyl (C=O) groups is 3. The number of benzene rings is 2. The minimum atomic E-state index is -3.43. The summed E-state index contributed by atoms with van der Waals surface area (Å²) in [5.74, 6) is -0.889. The quantitative estimate of drug-likeness (QED) is 0.707. The van der Waals surface area contributed by atoms with Gasteiger partial charge >= 0.3 is 0 Å². The van der Waals surface area contributed by atoms with Gasteiger partial charge in [0.1, 0.15) is 0 Å². The molecule has 2 aromatic carbocycles. The fraction of sp³-hybridized carbons (Fsp3) is 0.150. The van der Waals surface area contributed by atoms with Crippen molar-refractivity contribution in [2.45, 2.75) is 4.90 Å². The van der Waals surface area contributed by atoms with Gasteiger partial charge in [0.15, 0.2) is 9.84 Å². The van der Waals surface area contributed by atoms with Crippen LogP contribution in [0.25, 0.3) is 6.08 Å². The lowest BCUT2D eigenvalue weighted by molar-refractivity contribution is -0.122. The standard InChI is InChI=1S/C20H18N2O5S2/c1-29(26,27)16-9-5-8-15(13-16)18(23)21-10-11-22-19(24)17(28-20(22)25)12-14-6-3-2-4-7-14/h2-9,12-13H,10-11H2,1H3,(H,21,23)/b17-12-. The number of rotatable bonds is 6. The number of amides is 3. The van der Waals surface area contributed by atoms with Crippen molar-refractivity contribution in [3.8, 4) is 0 Å². The number of sulfone groups is 1. The van der Waals surface area contributed by atoms with Crippen LogP contribution in [0.3, 0.4) is 0 Å². The van der Waals surface area contributed by atoms with Crippen molar-refractivity contribution < 1.29 is 22.8 Å². The molecule has 150 valence electrons. The average molecular weight is 431 g/mol. The van der Waals surface area contributed by atoms with Crippen LogP contribution in [0.15, 0.2) is 64.4 Å². The van der Waals surface area contributed by atoms with Gasteiger partial charge < -0.3 is 5.32 Å². The number of carbonyl (C=O) groups excluding carboxylic acids is 3. The van der Waals surface area contributed by atoms with Crippen molar-refractivity contribution in [1.29, 1.82) is 0 Å². The number of hydrogen-bond donors (Lipinski definition) is 1. The highest BCUT2D eigenvalue weighted by Crippen LogP contribution is 2.31. The number of thioether (sulfide) groups is 1. The third-order valence-electron chi connectivity index (χ3n) is 4.12. The van der Waals surface area contributed by atoms with Gasteiger partial charge in [-0.15, -0.1) is 0 Å². The number of hydrogen-bond acceptors (Lipinski definition) is 6. The van der Waals surface area contributed by atoms with E-state index in [1.807, 2.05) is 30.3 Å². The zero-order chi connectivity index (χ0) is 21.0. The molecule has 1 aliphatic rings. The maximum absolute atomic E-state index is 12.5. The van der Waals surface area contributed by atoms with Crippen LogP contribution in [-0.4, -0.2) is 49.7 Å². The Balaban J connectivity index is 1.60. The molecule has 0 aromatic heterocycles. The summed E-state index contributed by atoms with van der Waals surface area (Å²) in [6, 6.07) is 14.9. The molecule has 0 radical (unpaired) electrons. The van der Waals surface area contributed by atoms with Gasteiger partial charge in [-0.2, -0.15) is 0 Å². The highest BCUT2D eigenvalue weighted by molar-refractivity contribution is 8.18. The molecule has 3 rings (SSSR count). The molecule has 0 aliphatic carbocycles. The molecular weight excluding hydrogens is 412 g/mol. The lowest BCUT2D eigenvalue weighted by Crippen LogP contribution is -2.37. The molecule has 2 aromatic rings. The van der Waals surface area contributed by atoms with Crippen molar-refractivity contribution in [3.63, 3.8) is 0 Å². The largest absolute Gasteiger partial charge is 0.350 e. The van der Waals surface area contributed by atoms with Gasteiger partial charge in [0.2, 0.25) is 0 Å². The summed E-state index contributed by atoms with van der Waals surface area (Å²) in [4.78, 5) is 38.3. The van der Waals surface area contributed by atoms with Crippen molar-refractivity contribution >= 4 is 44.7 Å². The summed E-state index contributed by atoms with van der Waals surface area (Å²) in [5, 5.41) is 2.20. The summed E-state index contributed by atoms with van der Waals surface area (Å²) >= 11 is 0.856. The molecule has 9 heteroatoms. The van der Waals surface area contributed by atoms with Gasteiger partial charge in [0, 0.05) is 24.9 Å². The van der Waals surface area contributed by atoms with E-state index in [1.165, 1.54) is 24.3 Å². The summed E-state index contributed by atoms with van der Waals surface area (Å²) in [7, 11) is -3.43. The van der Waals surface area contributed by atoms with Crippen molar-refractivity contribution in [2.24, 2.45) is 0 Å². The Morgan fingerprint density at radius 2 is 1.83 bits per heavy atom. The molecule has 0 spiro atoms. The first kappa shape index (κ1) is 20.8. The van der Waals surface area contributed by atoms with Crippen LogP contribution >= 0.6 is 11.8 Å². The molecule has 1 saturated heterocycles. The molecule has 0 saturated carbocycles. The lowest BCUT2D eigenvalue weighted by Gasteiger charge is -2.13. The molecule has 1 N–H and O–H groups in total. The number of imide groups is 1. The van der Waals surface area contributed by atoms with Crippen LogP contribution in [-0.2, 0) is 14.6 Å². The van der Waals surface area contributed by atoms with Gasteiger partial charge in [0.05, 0.1) is 9.80 Å². The van der Waals surface area contributed by atoms with E-state index in [4.69, 9.17) is 0 Å². The first-order valence-electron chi connectivity index (χ1n) is 8.64. The van der Waals surface area contributed by atoms with E-state index in [0.29, 0.717) is 4.91 Å². The Labute approximate surface area is 172 Å². The monoisotopic (exact) mass is 430 g/mol. The third-order valence-corrected chi connectivity index (χ3v) is 6.13. The number of nitrogens with one attached hydrogen (secondary N) is 1. The van der Waals surface area contributed by atoms with Crippen LogP contribution in [0.2, 0.25) is 0 Å². The molecule has 0 bridgehead atoms. The van der Waals surface area contributed by atoms with E-state index in [9.17, 15) is 22.8 Å². The highest BCUT2D eigenvalue weighted by atomic mass is 32.2. The summed E-state index contributed by atoms with van der Waals surface area (Å²) < 4.78 is 23.2. The van der Waals surface area contributed by atoms with E-state index in [0.717, 1.165) is 28.5 Å². The second kappa shape index (κ2) is 8.62. The lowest BCUT2D eigenvalue weighted by atomic mass is 10.2. The van der Waals surface area contributed by atoms with Gasteiger partial charge in [-0.3, -0.25) is 19.3 Å². The molecular formula is C20H18N2O5S2. The minimum Gasteiger partial charge on any atom is -0.350 e. The maximum atomic E-state index is 12.5. The zero-order valence-corrected chi connectivity index (χ0v) is 17.1. The van der Waals surface area contributed by atoms with Crippen molar-refractivity contribution in [3.05, 3.63) is 70.6 Å². The van der Waals surface area contributed by atoms with E-state index in [2.05, 4.69) is 5.32 Å². The Kier molecular flexibility index (Phi) is 6.19. The average Bonchev–Trinajstić information content (AvgIpc) is 2.95. The zero-order valence-electron chi connectivity index (χ0n) is 15.5. The summed E-state index contributed by atoms with van der Waals surface area (Å²) in [6.45, 7) is 0.0763. The topological polar surface area (TPSA) is 101 Å². The van der Waals surface area contributed by atoms with Crippen LogP contribution in [0.4, 0.5) is 4.79 Å². The van der Waals surface area contributed by atoms with Gasteiger partial charge in [-0.05, 0) is 41.6 Å².